The van der Waals surface area contributed by atoms with Gasteiger partial charge in [-0.2, -0.15) is 0 Å². The number of allylic oxidation sites excluding steroid dienone is 2. The van der Waals surface area contributed by atoms with E-state index in [2.05, 4.69) is 43.5 Å². The second-order valence-corrected chi connectivity index (χ2v) is 18.2. The quantitative estimate of drug-likeness (QED) is 0.0372. The van der Waals surface area contributed by atoms with Crippen LogP contribution in [0.2, 0.25) is 0 Å². The fourth-order valence-corrected chi connectivity index (χ4v) is 7.27. The van der Waals surface area contributed by atoms with Gasteiger partial charge in [0.15, 0.2) is 5.96 Å². The van der Waals surface area contributed by atoms with Crippen molar-refractivity contribution < 1.29 is 58.5 Å². The van der Waals surface area contributed by atoms with Crippen LogP contribution in [0.25, 0.3) is 0 Å². The van der Waals surface area contributed by atoms with Gasteiger partial charge in [-0.25, -0.2) is 9.59 Å². The Morgan fingerprint density at radius 3 is 2.04 bits per heavy atom. The first kappa shape index (κ1) is 60.0. The van der Waals surface area contributed by atoms with Crippen molar-refractivity contribution in [2.45, 2.75) is 136 Å². The molecule has 0 radical (unpaired) electrons. The van der Waals surface area contributed by atoms with Crippen LogP contribution in [-0.4, -0.2) is 135 Å². The van der Waals surface area contributed by atoms with Crippen LogP contribution in [0.4, 0.5) is 0 Å². The normalized spacial score (nSPS) is 25.7. The van der Waals surface area contributed by atoms with Crippen molar-refractivity contribution in [2.75, 3.05) is 13.6 Å². The van der Waals surface area contributed by atoms with Gasteiger partial charge in [-0.15, -0.1) is 0 Å². The maximum atomic E-state index is 14.3. The molecule has 1 aliphatic heterocycles. The summed E-state index contributed by atoms with van der Waals surface area (Å²) in [6.07, 6.45) is 4.10. The zero-order valence-corrected chi connectivity index (χ0v) is 41.9. The first-order valence-electron chi connectivity index (χ1n) is 23.6. The molecule has 1 aromatic rings. The van der Waals surface area contributed by atoms with Gasteiger partial charge in [0.25, 0.3) is 5.91 Å². The van der Waals surface area contributed by atoms with E-state index in [1.807, 2.05) is 44.2 Å². The fourth-order valence-electron chi connectivity index (χ4n) is 7.27. The van der Waals surface area contributed by atoms with Gasteiger partial charge >= 0.3 is 11.9 Å². The Morgan fingerprint density at radius 2 is 1.45 bits per heavy atom. The summed E-state index contributed by atoms with van der Waals surface area (Å²) in [5.74, 6) is -12.9. The lowest BCUT2D eigenvalue weighted by Gasteiger charge is -2.29. The molecule has 1 fully saturated rings. The van der Waals surface area contributed by atoms with Crippen LogP contribution < -0.4 is 43.4 Å². The number of carbonyl (C=O) groups excluding carboxylic acids is 7. The number of hydrogen-bond donors (Lipinski definition) is 11. The number of nitrogens with zero attached hydrogens (tertiary/aromatic N) is 2. The van der Waals surface area contributed by atoms with E-state index in [4.69, 9.17) is 11.5 Å². The predicted octanol–water partition coefficient (Wildman–Crippen LogP) is 0.354. The third-order valence-electron chi connectivity index (χ3n) is 12.3. The van der Waals surface area contributed by atoms with Gasteiger partial charge in [-0.1, -0.05) is 102 Å². The molecule has 7 amide bonds. The molecule has 0 aliphatic carbocycles. The SMILES string of the molecule is C=C1C(=O)N[C@H](C)C(=O)N[C@@H](C[C@@H](C)CC)C(=O)N[C@@H](C(=O)O)[C@H](C)C(=O)N[C@@H](CCCN=C(N)N)C(=O)N[C@@H](/C=C/C(C)=C/[C@H](C)[C@@H](O)Cc2ccccc2)[C@H](C)C(=O)N[C@@H](C(=O)O)CCC(=O)N1C. The standard InChI is InChI=1S/C49H74N10O12/c1-10-26(2)24-37-46(67)58-40(48(70)71)30(6)42(63)55-35(17-14-22-52-49(50)51)45(66)54-34(19-18-27(3)23-28(4)38(60)25-33-15-12-11-13-16-33)29(5)41(62)56-36(47(68)69)20-21-39(61)59(9)32(8)44(65)53-31(7)43(64)57-37/h11-13,15-16,18-19,23,26,28-31,34-38,40,60H,8,10,14,17,20-22,24-25H2,1-7,9H3,(H,53,65)(H,54,66)(H,55,63)(H,56,62)(H,57,64)(H,58,67)(H,68,69)(H,70,71)(H4,50,51,52)/b19-18+,27-23+/t26-,28-,29-,30-,31+,34-,35-,36+,37-,38-,40+/m0/s1. The van der Waals surface area contributed by atoms with Crippen molar-refractivity contribution in [1.29, 1.82) is 0 Å². The minimum Gasteiger partial charge on any atom is -0.480 e. The number of aliphatic imine (C=N–C) groups is 1. The third-order valence-corrected chi connectivity index (χ3v) is 12.3. The van der Waals surface area contributed by atoms with Gasteiger partial charge in [0.05, 0.1) is 24.0 Å². The molecule has 13 N–H and O–H groups in total. The highest BCUT2D eigenvalue weighted by Gasteiger charge is 2.37. The summed E-state index contributed by atoms with van der Waals surface area (Å²) < 4.78 is 0. The second-order valence-electron chi connectivity index (χ2n) is 18.2. The molecule has 22 heteroatoms. The zero-order chi connectivity index (χ0) is 53.7. The van der Waals surface area contributed by atoms with E-state index in [9.17, 15) is 58.5 Å². The van der Waals surface area contributed by atoms with Crippen LogP contribution in [-0.2, 0) is 49.6 Å². The largest absolute Gasteiger partial charge is 0.480 e. The van der Waals surface area contributed by atoms with Crippen molar-refractivity contribution in [1.82, 2.24) is 36.8 Å². The van der Waals surface area contributed by atoms with E-state index in [1.54, 1.807) is 26.0 Å². The Morgan fingerprint density at radius 1 is 0.845 bits per heavy atom. The summed E-state index contributed by atoms with van der Waals surface area (Å²) >= 11 is 0. The molecule has 0 bridgehead atoms. The number of amides is 7. The summed E-state index contributed by atoms with van der Waals surface area (Å²) in [5, 5.41) is 46.5. The number of nitrogens with two attached hydrogens (primary N) is 2. The third kappa shape index (κ3) is 20.0. The Bertz CT molecular complexity index is 2160. The van der Waals surface area contributed by atoms with E-state index >= 15 is 0 Å². The van der Waals surface area contributed by atoms with E-state index in [0.717, 1.165) is 10.5 Å². The molecule has 1 aromatic carbocycles. The number of hydrogen-bond acceptors (Lipinski definition) is 11. The van der Waals surface area contributed by atoms with Crippen LogP contribution in [0.1, 0.15) is 92.6 Å². The van der Waals surface area contributed by atoms with E-state index in [-0.39, 0.29) is 43.6 Å². The predicted molar refractivity (Wildman–Crippen MR) is 264 cm³/mol. The highest BCUT2D eigenvalue weighted by atomic mass is 16.4. The van der Waals surface area contributed by atoms with Crippen molar-refractivity contribution in [3.8, 4) is 0 Å². The van der Waals surface area contributed by atoms with Gasteiger partial charge < -0.3 is 63.6 Å². The number of carbonyl (C=O) groups is 9. The maximum Gasteiger partial charge on any atom is 0.327 e. The molecule has 0 spiro atoms. The fraction of sp³-hybridized carbons (Fsp3) is 0.551. The smallest absolute Gasteiger partial charge is 0.327 e. The average molecular weight is 995 g/mol. The van der Waals surface area contributed by atoms with Crippen LogP contribution >= 0.6 is 0 Å². The molecule has 11 atom stereocenters. The highest BCUT2D eigenvalue weighted by Crippen LogP contribution is 2.18. The summed E-state index contributed by atoms with van der Waals surface area (Å²) in [5.41, 5.74) is 12.1. The molecule has 1 aliphatic rings. The molecule has 392 valence electrons. The van der Waals surface area contributed by atoms with E-state index in [1.165, 1.54) is 33.9 Å². The number of aliphatic hydroxyl groups is 1. The van der Waals surface area contributed by atoms with Gasteiger partial charge in [-0.05, 0) is 57.4 Å². The number of carboxylic acid groups (broad SMARTS) is 2. The van der Waals surface area contributed by atoms with Crippen LogP contribution in [0.15, 0.2) is 71.4 Å². The van der Waals surface area contributed by atoms with Crippen molar-refractivity contribution in [3.05, 3.63) is 72.0 Å². The minimum absolute atomic E-state index is 0.0142. The first-order chi connectivity index (χ1) is 33.3. The van der Waals surface area contributed by atoms with Gasteiger partial charge in [-0.3, -0.25) is 38.6 Å². The van der Waals surface area contributed by atoms with Gasteiger partial charge in [0, 0.05) is 25.9 Å². The molecule has 22 nitrogen and oxygen atoms in total. The van der Waals surface area contributed by atoms with Crippen molar-refractivity contribution in [2.24, 2.45) is 40.1 Å². The minimum atomic E-state index is -1.89. The number of likely N-dealkylation sites (N-methyl/N-ethyl adjacent to an activating group) is 1. The maximum absolute atomic E-state index is 14.3. The van der Waals surface area contributed by atoms with Crippen LogP contribution in [0.5, 0.6) is 0 Å². The molecule has 2 rings (SSSR count). The Kier molecular flexibility index (Phi) is 24.7. The molecule has 0 aromatic heterocycles. The van der Waals surface area contributed by atoms with Gasteiger partial charge in [0.1, 0.15) is 35.9 Å². The van der Waals surface area contributed by atoms with Crippen molar-refractivity contribution >= 4 is 59.2 Å². The van der Waals surface area contributed by atoms with E-state index in [0.29, 0.717) is 18.4 Å². The Balaban J connectivity index is 2.72. The molecule has 1 heterocycles. The summed E-state index contributed by atoms with van der Waals surface area (Å²) in [7, 11) is 1.21. The number of aliphatic hydroxyl groups excluding tert-OH is 1. The van der Waals surface area contributed by atoms with Crippen molar-refractivity contribution in [3.63, 3.8) is 0 Å². The number of aliphatic carboxylic acids is 2. The summed E-state index contributed by atoms with van der Waals surface area (Å²) in [6.45, 7) is 14.8. The molecular weight excluding hydrogens is 921 g/mol. The highest BCUT2D eigenvalue weighted by molar-refractivity contribution is 6.00. The first-order valence-corrected chi connectivity index (χ1v) is 23.6. The van der Waals surface area contributed by atoms with Gasteiger partial charge in [0.2, 0.25) is 35.4 Å². The second kappa shape index (κ2) is 29.2. The average Bonchev–Trinajstić information content (AvgIpc) is 3.31. The lowest BCUT2D eigenvalue weighted by molar-refractivity contribution is -0.146. The Labute approximate surface area is 415 Å². The summed E-state index contributed by atoms with van der Waals surface area (Å²) in [6, 6.07) is 0.536. The lowest BCUT2D eigenvalue weighted by Crippen LogP contribution is -2.59. The number of carboxylic acids is 2. The number of rotatable bonds is 15. The lowest BCUT2D eigenvalue weighted by atomic mass is 9.94. The number of guanidine groups is 1. The molecule has 0 saturated carbocycles. The number of nitrogens with one attached hydrogen (secondary N) is 6. The molecule has 71 heavy (non-hydrogen) atoms. The topological polar surface area (TPSA) is 354 Å². The molecular formula is C49H74N10O12. The monoisotopic (exact) mass is 995 g/mol. The zero-order valence-electron chi connectivity index (χ0n) is 41.9. The van der Waals surface area contributed by atoms with Crippen LogP contribution in [0, 0.1) is 23.7 Å². The van der Waals surface area contributed by atoms with Crippen LogP contribution in [0.3, 0.4) is 0 Å². The number of benzene rings is 1. The molecule has 0 unspecified atom stereocenters. The Hall–Kier alpha value is -7.10. The molecule has 1 saturated heterocycles. The summed E-state index contributed by atoms with van der Waals surface area (Å²) in [4.78, 5) is 126. The van der Waals surface area contributed by atoms with E-state index < -0.39 is 126 Å².